The Morgan fingerprint density at radius 2 is 2.00 bits per heavy atom. The smallest absolute Gasteiger partial charge is 0.00220 e. The van der Waals surface area contributed by atoms with Crippen molar-refractivity contribution in [3.63, 3.8) is 0 Å². The minimum absolute atomic E-state index is 1.14. The fraction of sp³-hybridized carbons (Fsp3) is 0.625. The molecule has 0 N–H and O–H groups in total. The molecule has 0 fully saturated rings. The molecule has 0 heterocycles. The number of unbranched alkanes of at least 4 members (excludes halogenated alkanes) is 3. The van der Waals surface area contributed by atoms with Crippen LogP contribution in [0.5, 0.6) is 0 Å². The first-order valence-electron chi connectivity index (χ1n) is 3.36. The third kappa shape index (κ3) is 7.96. The average molecular weight is 126 g/mol. The number of nitrogens with zero attached hydrogens (tertiary/aromatic N) is 1. The molecule has 0 aromatic rings. The molecule has 0 saturated carbocycles. The Morgan fingerprint density at radius 3 is 2.44 bits per heavy atom. The summed E-state index contributed by atoms with van der Waals surface area (Å²) in [5, 5.41) is 0. The van der Waals surface area contributed by atoms with Crippen LogP contribution >= 0.6 is 0 Å². The highest BCUT2D eigenvalue weighted by atomic mass is 15.0. The van der Waals surface area contributed by atoms with Gasteiger partial charge in [0.25, 0.3) is 0 Å². The van der Waals surface area contributed by atoms with Crippen molar-refractivity contribution in [2.45, 2.75) is 13.3 Å². The predicted molar refractivity (Wildman–Crippen MR) is 41.7 cm³/mol. The van der Waals surface area contributed by atoms with Gasteiger partial charge in [0.15, 0.2) is 0 Å². The van der Waals surface area contributed by atoms with E-state index in [4.69, 9.17) is 0 Å². The molecule has 0 atom stereocenters. The van der Waals surface area contributed by atoms with Crippen LogP contribution in [-0.2, 0) is 0 Å². The molecule has 53 valence electrons. The first-order valence-corrected chi connectivity index (χ1v) is 3.36. The van der Waals surface area contributed by atoms with E-state index in [2.05, 4.69) is 38.3 Å². The van der Waals surface area contributed by atoms with Crippen LogP contribution in [0.15, 0.2) is 0 Å². The summed E-state index contributed by atoms with van der Waals surface area (Å²) in [6.45, 7) is 3.18. The van der Waals surface area contributed by atoms with Crippen LogP contribution in [0, 0.1) is 19.3 Å². The summed E-state index contributed by atoms with van der Waals surface area (Å²) < 4.78 is 0. The van der Waals surface area contributed by atoms with E-state index < -0.39 is 0 Å². The van der Waals surface area contributed by atoms with Crippen molar-refractivity contribution in [2.75, 3.05) is 20.6 Å². The third-order valence-corrected chi connectivity index (χ3v) is 1.07. The number of hydrogen-bond donors (Lipinski definition) is 0. The first kappa shape index (κ1) is 8.96. The van der Waals surface area contributed by atoms with Crippen molar-refractivity contribution in [1.82, 2.24) is 4.90 Å². The van der Waals surface area contributed by atoms with Crippen molar-refractivity contribution in [1.29, 1.82) is 0 Å². The van der Waals surface area contributed by atoms with Gasteiger partial charge in [0.05, 0.1) is 0 Å². The van der Waals surface area contributed by atoms with Crippen molar-refractivity contribution in [3.05, 3.63) is 19.3 Å². The normalized spacial score (nSPS) is 10.7. The van der Waals surface area contributed by atoms with Crippen molar-refractivity contribution in [3.8, 4) is 0 Å². The second kappa shape index (κ2) is 6.09. The van der Waals surface area contributed by atoms with Gasteiger partial charge >= 0.3 is 0 Å². The summed E-state index contributed by atoms with van der Waals surface area (Å²) in [7, 11) is 4.17. The van der Waals surface area contributed by atoms with Gasteiger partial charge in [0.1, 0.15) is 0 Å². The minimum atomic E-state index is 1.14. The fourth-order valence-corrected chi connectivity index (χ4v) is 0.565. The Kier molecular flexibility index (Phi) is 6.06. The second-order valence-electron chi connectivity index (χ2n) is 2.35. The zero-order valence-corrected chi connectivity index (χ0v) is 6.59. The maximum absolute atomic E-state index is 2.18. The van der Waals surface area contributed by atoms with E-state index in [0.29, 0.717) is 0 Å². The summed E-state index contributed by atoms with van der Waals surface area (Å²) in [5.41, 5.74) is 0. The average Bonchev–Trinajstić information content (AvgIpc) is 1.80. The molecule has 0 unspecified atom stereocenters. The van der Waals surface area contributed by atoms with E-state index in [-0.39, 0.29) is 0 Å². The number of rotatable bonds is 5. The fourth-order valence-electron chi connectivity index (χ4n) is 0.565. The topological polar surface area (TPSA) is 3.24 Å². The SMILES string of the molecule is C[CH][CH][CH]CCN(C)C. The molecule has 0 aliphatic rings. The Balaban J connectivity index is 2.75. The molecule has 3 radical (unpaired) electrons. The van der Waals surface area contributed by atoms with E-state index in [0.717, 1.165) is 13.0 Å². The lowest BCUT2D eigenvalue weighted by Crippen LogP contribution is -2.12. The van der Waals surface area contributed by atoms with Gasteiger partial charge in [-0.1, -0.05) is 6.92 Å². The van der Waals surface area contributed by atoms with Crippen LogP contribution in [0.2, 0.25) is 0 Å². The van der Waals surface area contributed by atoms with E-state index in [1.165, 1.54) is 0 Å². The first-order chi connectivity index (χ1) is 4.27. The van der Waals surface area contributed by atoms with E-state index in [1.54, 1.807) is 0 Å². The van der Waals surface area contributed by atoms with Gasteiger partial charge in [0.2, 0.25) is 0 Å². The van der Waals surface area contributed by atoms with E-state index in [1.807, 2.05) is 6.92 Å². The molecule has 1 nitrogen and oxygen atoms in total. The molecular formula is C8H16N. The predicted octanol–water partition coefficient (Wildman–Crippen LogP) is 1.57. The molecule has 0 aliphatic carbocycles. The summed E-state index contributed by atoms with van der Waals surface area (Å²) in [4.78, 5) is 2.18. The van der Waals surface area contributed by atoms with Crippen LogP contribution in [-0.4, -0.2) is 25.5 Å². The minimum Gasteiger partial charge on any atom is -0.309 e. The van der Waals surface area contributed by atoms with Gasteiger partial charge < -0.3 is 4.90 Å². The lowest BCUT2D eigenvalue weighted by atomic mass is 10.2. The lowest BCUT2D eigenvalue weighted by molar-refractivity contribution is 0.413. The standard InChI is InChI=1S/C8H16N/c1-4-5-6-7-8-9(2)3/h4-6H,7-8H2,1-3H3. The van der Waals surface area contributed by atoms with Crippen LogP contribution in [0.4, 0.5) is 0 Å². The Bertz CT molecular complexity index is 50.5. The molecular weight excluding hydrogens is 110 g/mol. The summed E-state index contributed by atoms with van der Waals surface area (Å²) in [6, 6.07) is 0. The summed E-state index contributed by atoms with van der Waals surface area (Å²) in [5.74, 6) is 0. The molecule has 0 aromatic carbocycles. The maximum Gasteiger partial charge on any atom is -0.00220 e. The molecule has 9 heavy (non-hydrogen) atoms. The Morgan fingerprint density at radius 1 is 1.33 bits per heavy atom. The number of hydrogen-bond acceptors (Lipinski definition) is 1. The van der Waals surface area contributed by atoms with Crippen LogP contribution < -0.4 is 0 Å². The van der Waals surface area contributed by atoms with Crippen LogP contribution in [0.25, 0.3) is 0 Å². The van der Waals surface area contributed by atoms with Gasteiger partial charge in [-0.2, -0.15) is 0 Å². The highest BCUT2D eigenvalue weighted by Crippen LogP contribution is 1.94. The highest BCUT2D eigenvalue weighted by Gasteiger charge is 1.89. The van der Waals surface area contributed by atoms with Gasteiger partial charge in [-0.05, 0) is 46.3 Å². The quantitative estimate of drug-likeness (QED) is 0.505. The van der Waals surface area contributed by atoms with Crippen molar-refractivity contribution in [2.24, 2.45) is 0 Å². The molecule has 0 spiro atoms. The van der Waals surface area contributed by atoms with Gasteiger partial charge in [-0.15, -0.1) is 0 Å². The molecule has 0 aromatic heterocycles. The Labute approximate surface area is 59.1 Å². The zero-order chi connectivity index (χ0) is 7.11. The maximum atomic E-state index is 2.18. The largest absolute Gasteiger partial charge is 0.309 e. The molecule has 0 aliphatic heterocycles. The second-order valence-corrected chi connectivity index (χ2v) is 2.35. The van der Waals surface area contributed by atoms with E-state index >= 15 is 0 Å². The van der Waals surface area contributed by atoms with Gasteiger partial charge in [0, 0.05) is 0 Å². The molecule has 0 amide bonds. The van der Waals surface area contributed by atoms with E-state index in [9.17, 15) is 0 Å². The molecule has 0 saturated heterocycles. The lowest BCUT2D eigenvalue weighted by Gasteiger charge is -2.07. The van der Waals surface area contributed by atoms with Crippen LogP contribution in [0.3, 0.4) is 0 Å². The van der Waals surface area contributed by atoms with Crippen LogP contribution in [0.1, 0.15) is 13.3 Å². The molecule has 0 bridgehead atoms. The monoisotopic (exact) mass is 126 g/mol. The highest BCUT2D eigenvalue weighted by molar-refractivity contribution is 4.92. The molecule has 1 heteroatoms. The summed E-state index contributed by atoms with van der Waals surface area (Å²) in [6.07, 6.45) is 7.47. The zero-order valence-electron chi connectivity index (χ0n) is 6.59. The van der Waals surface area contributed by atoms with Crippen molar-refractivity contribution >= 4 is 0 Å². The van der Waals surface area contributed by atoms with Crippen molar-refractivity contribution < 1.29 is 0 Å². The third-order valence-electron chi connectivity index (χ3n) is 1.07. The van der Waals surface area contributed by atoms with Gasteiger partial charge in [-0.3, -0.25) is 0 Å². The Hall–Kier alpha value is -0.0400. The summed E-state index contributed by atoms with van der Waals surface area (Å²) >= 11 is 0. The molecule has 0 rings (SSSR count). The van der Waals surface area contributed by atoms with Gasteiger partial charge in [-0.25, -0.2) is 0 Å².